The molecule has 3 heteroatoms. The maximum atomic E-state index is 5.62. The van der Waals surface area contributed by atoms with Crippen LogP contribution < -0.4 is 10.6 Å². The van der Waals surface area contributed by atoms with Gasteiger partial charge in [0.2, 0.25) is 0 Å². The largest absolute Gasteiger partial charge is 0.371 e. The molecule has 0 amide bonds. The number of para-hydroxylation sites is 1. The first kappa shape index (κ1) is 13.6. The summed E-state index contributed by atoms with van der Waals surface area (Å²) in [6.45, 7) is 2.70. The molecule has 1 heterocycles. The highest BCUT2D eigenvalue weighted by Gasteiger charge is 2.06. The van der Waals surface area contributed by atoms with Crippen molar-refractivity contribution in [3.05, 3.63) is 60.4 Å². The molecule has 0 atom stereocenters. The minimum absolute atomic E-state index is 0.729. The van der Waals surface area contributed by atoms with Gasteiger partial charge in [0, 0.05) is 37.1 Å². The van der Waals surface area contributed by atoms with Crippen LogP contribution >= 0.6 is 0 Å². The molecule has 0 unspecified atom stereocenters. The van der Waals surface area contributed by atoms with Crippen molar-refractivity contribution in [2.75, 3.05) is 24.5 Å². The number of aromatic nitrogens is 1. The second-order valence-electron chi connectivity index (χ2n) is 4.54. The Kier molecular flexibility index (Phi) is 5.38. The lowest BCUT2D eigenvalue weighted by Gasteiger charge is -2.24. The highest BCUT2D eigenvalue weighted by Crippen LogP contribution is 2.14. The fourth-order valence-electron chi connectivity index (χ4n) is 2.09. The van der Waals surface area contributed by atoms with E-state index in [1.807, 2.05) is 24.4 Å². The Morgan fingerprint density at radius 3 is 2.42 bits per heavy atom. The average molecular weight is 255 g/mol. The van der Waals surface area contributed by atoms with E-state index in [0.717, 1.165) is 38.2 Å². The van der Waals surface area contributed by atoms with E-state index in [1.165, 1.54) is 5.69 Å². The summed E-state index contributed by atoms with van der Waals surface area (Å²) in [5.41, 5.74) is 8.01. The van der Waals surface area contributed by atoms with Crippen LogP contribution in [0.25, 0.3) is 0 Å². The maximum absolute atomic E-state index is 5.62. The summed E-state index contributed by atoms with van der Waals surface area (Å²) in [4.78, 5) is 6.75. The number of anilines is 1. The van der Waals surface area contributed by atoms with E-state index in [2.05, 4.69) is 40.2 Å². The van der Waals surface area contributed by atoms with Crippen molar-refractivity contribution in [2.24, 2.45) is 5.73 Å². The van der Waals surface area contributed by atoms with Gasteiger partial charge in [-0.1, -0.05) is 24.3 Å². The molecule has 0 radical (unpaired) electrons. The Labute approximate surface area is 115 Å². The fourth-order valence-corrected chi connectivity index (χ4v) is 2.09. The number of pyridine rings is 1. The van der Waals surface area contributed by atoms with Crippen LogP contribution in [0.2, 0.25) is 0 Å². The second-order valence-corrected chi connectivity index (χ2v) is 4.54. The summed E-state index contributed by atoms with van der Waals surface area (Å²) >= 11 is 0. The standard InChI is InChI=1S/C16H21N3/c17-11-6-13-19(16-8-2-1-3-9-16)14-10-15-7-4-5-12-18-15/h1-5,7-9,12H,6,10-11,13-14,17H2. The zero-order chi connectivity index (χ0) is 13.3. The van der Waals surface area contributed by atoms with Gasteiger partial charge in [0.05, 0.1) is 0 Å². The second kappa shape index (κ2) is 7.54. The summed E-state index contributed by atoms with van der Waals surface area (Å²) in [5, 5.41) is 0. The van der Waals surface area contributed by atoms with E-state index >= 15 is 0 Å². The van der Waals surface area contributed by atoms with Gasteiger partial charge >= 0.3 is 0 Å². The first-order chi connectivity index (χ1) is 9.40. The third-order valence-corrected chi connectivity index (χ3v) is 3.12. The van der Waals surface area contributed by atoms with Crippen molar-refractivity contribution >= 4 is 5.69 Å². The lowest BCUT2D eigenvalue weighted by Crippen LogP contribution is -2.28. The smallest absolute Gasteiger partial charge is 0.0421 e. The van der Waals surface area contributed by atoms with Crippen LogP contribution in [0.1, 0.15) is 12.1 Å². The molecule has 0 saturated carbocycles. The summed E-state index contributed by atoms with van der Waals surface area (Å²) < 4.78 is 0. The number of nitrogens with two attached hydrogens (primary N) is 1. The summed E-state index contributed by atoms with van der Waals surface area (Å²) in [5.74, 6) is 0. The van der Waals surface area contributed by atoms with Crippen LogP contribution in [-0.2, 0) is 6.42 Å². The molecular weight excluding hydrogens is 234 g/mol. The third-order valence-electron chi connectivity index (χ3n) is 3.12. The SMILES string of the molecule is NCCCN(CCc1ccccn1)c1ccccc1. The first-order valence-electron chi connectivity index (χ1n) is 6.80. The van der Waals surface area contributed by atoms with Gasteiger partial charge in [0.25, 0.3) is 0 Å². The van der Waals surface area contributed by atoms with Gasteiger partial charge in [-0.05, 0) is 37.2 Å². The van der Waals surface area contributed by atoms with Crippen molar-refractivity contribution in [3.8, 4) is 0 Å². The van der Waals surface area contributed by atoms with Crippen LogP contribution in [0.3, 0.4) is 0 Å². The van der Waals surface area contributed by atoms with Crippen LogP contribution in [0, 0.1) is 0 Å². The number of benzene rings is 1. The number of nitrogens with zero attached hydrogens (tertiary/aromatic N) is 2. The minimum atomic E-state index is 0.729. The maximum Gasteiger partial charge on any atom is 0.0421 e. The van der Waals surface area contributed by atoms with Gasteiger partial charge in [-0.25, -0.2) is 0 Å². The summed E-state index contributed by atoms with van der Waals surface area (Å²) in [7, 11) is 0. The van der Waals surface area contributed by atoms with Gasteiger partial charge in [-0.15, -0.1) is 0 Å². The highest BCUT2D eigenvalue weighted by atomic mass is 15.1. The number of rotatable bonds is 7. The zero-order valence-corrected chi connectivity index (χ0v) is 11.2. The Hall–Kier alpha value is -1.87. The third kappa shape index (κ3) is 4.38. The fraction of sp³-hybridized carbons (Fsp3) is 0.312. The van der Waals surface area contributed by atoms with E-state index in [1.54, 1.807) is 0 Å². The van der Waals surface area contributed by atoms with Gasteiger partial charge in [-0.3, -0.25) is 4.98 Å². The molecule has 1 aromatic carbocycles. The Bertz CT molecular complexity index is 456. The quantitative estimate of drug-likeness (QED) is 0.826. The first-order valence-corrected chi connectivity index (χ1v) is 6.80. The predicted molar refractivity (Wildman–Crippen MR) is 80.3 cm³/mol. The molecule has 0 aliphatic carbocycles. The molecule has 2 N–H and O–H groups in total. The summed E-state index contributed by atoms with van der Waals surface area (Å²) in [6, 6.07) is 16.6. The van der Waals surface area contributed by atoms with E-state index in [0.29, 0.717) is 0 Å². The molecule has 1 aromatic heterocycles. The molecule has 100 valence electrons. The molecule has 2 aromatic rings. The lowest BCUT2D eigenvalue weighted by molar-refractivity contribution is 0.723. The van der Waals surface area contributed by atoms with Crippen LogP contribution in [-0.4, -0.2) is 24.6 Å². The van der Waals surface area contributed by atoms with E-state index < -0.39 is 0 Å². The van der Waals surface area contributed by atoms with E-state index in [9.17, 15) is 0 Å². The Balaban J connectivity index is 1.98. The minimum Gasteiger partial charge on any atom is -0.371 e. The van der Waals surface area contributed by atoms with Gasteiger partial charge in [0.1, 0.15) is 0 Å². The molecular formula is C16H21N3. The molecule has 19 heavy (non-hydrogen) atoms. The van der Waals surface area contributed by atoms with Gasteiger partial charge in [-0.2, -0.15) is 0 Å². The van der Waals surface area contributed by atoms with Crippen LogP contribution in [0.5, 0.6) is 0 Å². The molecule has 0 fully saturated rings. The average Bonchev–Trinajstić information content (AvgIpc) is 2.49. The van der Waals surface area contributed by atoms with Crippen molar-refractivity contribution in [1.29, 1.82) is 0 Å². The van der Waals surface area contributed by atoms with Crippen molar-refractivity contribution < 1.29 is 0 Å². The van der Waals surface area contributed by atoms with Crippen LogP contribution in [0.4, 0.5) is 5.69 Å². The Morgan fingerprint density at radius 1 is 0.947 bits per heavy atom. The van der Waals surface area contributed by atoms with Crippen molar-refractivity contribution in [2.45, 2.75) is 12.8 Å². The molecule has 0 aliphatic heterocycles. The van der Waals surface area contributed by atoms with Gasteiger partial charge in [0.15, 0.2) is 0 Å². The lowest BCUT2D eigenvalue weighted by atomic mass is 10.2. The molecule has 0 aliphatic rings. The van der Waals surface area contributed by atoms with Gasteiger partial charge < -0.3 is 10.6 Å². The molecule has 0 bridgehead atoms. The number of hydrogen-bond donors (Lipinski definition) is 1. The zero-order valence-electron chi connectivity index (χ0n) is 11.2. The molecule has 0 spiro atoms. The topological polar surface area (TPSA) is 42.1 Å². The monoisotopic (exact) mass is 255 g/mol. The molecule has 3 nitrogen and oxygen atoms in total. The van der Waals surface area contributed by atoms with E-state index in [4.69, 9.17) is 5.73 Å². The van der Waals surface area contributed by atoms with Crippen molar-refractivity contribution in [3.63, 3.8) is 0 Å². The summed E-state index contributed by atoms with van der Waals surface area (Å²) in [6.07, 6.45) is 3.82. The van der Waals surface area contributed by atoms with Crippen LogP contribution in [0.15, 0.2) is 54.7 Å². The highest BCUT2D eigenvalue weighted by molar-refractivity contribution is 5.46. The molecule has 2 rings (SSSR count). The predicted octanol–water partition coefficient (Wildman–Crippen LogP) is 2.48. The van der Waals surface area contributed by atoms with E-state index in [-0.39, 0.29) is 0 Å². The van der Waals surface area contributed by atoms with Crippen molar-refractivity contribution in [1.82, 2.24) is 4.98 Å². The Morgan fingerprint density at radius 2 is 1.74 bits per heavy atom. The normalized spacial score (nSPS) is 10.4. The number of hydrogen-bond acceptors (Lipinski definition) is 3. The molecule has 0 saturated heterocycles.